The Balaban J connectivity index is 3.67. The van der Waals surface area contributed by atoms with Gasteiger partial charge in [0, 0.05) is 25.2 Å². The van der Waals surface area contributed by atoms with Crippen molar-refractivity contribution in [3.05, 3.63) is 24.6 Å². The van der Waals surface area contributed by atoms with Crippen molar-refractivity contribution in [2.24, 2.45) is 4.99 Å². The minimum atomic E-state index is 1.08. The predicted molar refractivity (Wildman–Crippen MR) is 41.5 cm³/mol. The standard InChI is InChI=1S/C7H12N2/c1-4-9-6-5-7(2)8-3/h4-6,8H,1H2,2-3H3/b7-5+,9-6?. The Labute approximate surface area is 56.0 Å². The van der Waals surface area contributed by atoms with Gasteiger partial charge in [0.1, 0.15) is 0 Å². The van der Waals surface area contributed by atoms with Crippen LogP contribution in [0.1, 0.15) is 6.92 Å². The van der Waals surface area contributed by atoms with Crippen LogP contribution in [0, 0.1) is 0 Å². The quantitative estimate of drug-likeness (QED) is 0.564. The van der Waals surface area contributed by atoms with Gasteiger partial charge in [0.25, 0.3) is 0 Å². The first kappa shape index (κ1) is 7.95. The van der Waals surface area contributed by atoms with Crippen LogP contribution in [0.5, 0.6) is 0 Å². The molecule has 0 aromatic carbocycles. The predicted octanol–water partition coefficient (Wildman–Crippen LogP) is 1.32. The molecule has 0 spiro atoms. The molecule has 0 aliphatic carbocycles. The summed E-state index contributed by atoms with van der Waals surface area (Å²) in [6, 6.07) is 0. The van der Waals surface area contributed by atoms with Crippen LogP contribution in [0.3, 0.4) is 0 Å². The molecule has 0 aromatic heterocycles. The van der Waals surface area contributed by atoms with E-state index in [1.165, 1.54) is 6.20 Å². The van der Waals surface area contributed by atoms with Crippen LogP contribution < -0.4 is 5.32 Å². The van der Waals surface area contributed by atoms with Crippen molar-refractivity contribution < 1.29 is 0 Å². The molecule has 0 rings (SSSR count). The number of allylic oxidation sites excluding steroid dienone is 2. The molecular formula is C7H12N2. The first-order chi connectivity index (χ1) is 4.31. The van der Waals surface area contributed by atoms with Gasteiger partial charge in [-0.1, -0.05) is 6.58 Å². The van der Waals surface area contributed by atoms with Crippen molar-refractivity contribution in [2.45, 2.75) is 6.92 Å². The molecule has 0 radical (unpaired) electrons. The first-order valence-corrected chi connectivity index (χ1v) is 2.80. The summed E-state index contributed by atoms with van der Waals surface area (Å²) >= 11 is 0. The van der Waals surface area contributed by atoms with E-state index in [2.05, 4.69) is 16.9 Å². The maximum absolute atomic E-state index is 3.78. The summed E-state index contributed by atoms with van der Waals surface area (Å²) in [6.45, 7) is 5.40. The van der Waals surface area contributed by atoms with Gasteiger partial charge in [0.05, 0.1) is 0 Å². The van der Waals surface area contributed by atoms with Crippen molar-refractivity contribution >= 4 is 6.21 Å². The van der Waals surface area contributed by atoms with Gasteiger partial charge < -0.3 is 5.32 Å². The summed E-state index contributed by atoms with van der Waals surface area (Å²) in [5.74, 6) is 0. The van der Waals surface area contributed by atoms with E-state index in [1.54, 1.807) is 6.21 Å². The molecule has 0 aromatic rings. The highest BCUT2D eigenvalue weighted by Gasteiger charge is 1.73. The number of aliphatic imine (C=N–C) groups is 1. The van der Waals surface area contributed by atoms with Gasteiger partial charge in [-0.2, -0.15) is 0 Å². The number of rotatable bonds is 3. The summed E-state index contributed by atoms with van der Waals surface area (Å²) in [4.78, 5) is 3.78. The molecule has 50 valence electrons. The Morgan fingerprint density at radius 2 is 2.33 bits per heavy atom. The molecule has 0 saturated heterocycles. The van der Waals surface area contributed by atoms with Crippen LogP contribution in [0.4, 0.5) is 0 Å². The summed E-state index contributed by atoms with van der Waals surface area (Å²) in [7, 11) is 1.87. The molecule has 0 fully saturated rings. The molecule has 0 amide bonds. The van der Waals surface area contributed by atoms with Crippen LogP contribution in [0.2, 0.25) is 0 Å². The van der Waals surface area contributed by atoms with Gasteiger partial charge in [-0.25, -0.2) is 0 Å². The molecule has 0 unspecified atom stereocenters. The largest absolute Gasteiger partial charge is 0.392 e. The Morgan fingerprint density at radius 1 is 1.67 bits per heavy atom. The molecule has 0 aliphatic heterocycles. The fourth-order valence-corrected chi connectivity index (χ4v) is 0.299. The molecule has 0 bridgehead atoms. The van der Waals surface area contributed by atoms with E-state index in [-0.39, 0.29) is 0 Å². The van der Waals surface area contributed by atoms with Crippen molar-refractivity contribution in [1.29, 1.82) is 0 Å². The smallest absolute Gasteiger partial charge is 0.0284 e. The molecule has 1 N–H and O–H groups in total. The summed E-state index contributed by atoms with van der Waals surface area (Å²) < 4.78 is 0. The highest BCUT2D eigenvalue weighted by Crippen LogP contribution is 1.79. The van der Waals surface area contributed by atoms with Crippen molar-refractivity contribution in [3.8, 4) is 0 Å². The minimum Gasteiger partial charge on any atom is -0.392 e. The van der Waals surface area contributed by atoms with Crippen molar-refractivity contribution in [1.82, 2.24) is 5.32 Å². The summed E-state index contributed by atoms with van der Waals surface area (Å²) in [5, 5.41) is 2.96. The van der Waals surface area contributed by atoms with E-state index in [0.29, 0.717) is 0 Å². The van der Waals surface area contributed by atoms with Gasteiger partial charge in [-0.3, -0.25) is 4.99 Å². The molecule has 0 heterocycles. The number of hydrogen-bond acceptors (Lipinski definition) is 2. The van der Waals surface area contributed by atoms with E-state index in [1.807, 2.05) is 20.0 Å². The Morgan fingerprint density at radius 3 is 2.78 bits per heavy atom. The molecule has 2 nitrogen and oxygen atoms in total. The average Bonchev–Trinajstić information content (AvgIpc) is 1.89. The maximum Gasteiger partial charge on any atom is 0.0284 e. The van der Waals surface area contributed by atoms with Gasteiger partial charge >= 0.3 is 0 Å². The van der Waals surface area contributed by atoms with Crippen molar-refractivity contribution in [2.75, 3.05) is 7.05 Å². The second kappa shape index (κ2) is 5.09. The van der Waals surface area contributed by atoms with Crippen LogP contribution >= 0.6 is 0 Å². The normalized spacial score (nSPS) is 12.0. The highest BCUT2D eigenvalue weighted by atomic mass is 14.8. The maximum atomic E-state index is 3.78. The zero-order valence-corrected chi connectivity index (χ0v) is 5.89. The molecule has 0 saturated carbocycles. The van der Waals surface area contributed by atoms with Crippen LogP contribution in [-0.2, 0) is 0 Å². The van der Waals surface area contributed by atoms with E-state index < -0.39 is 0 Å². The Hall–Kier alpha value is -1.05. The third kappa shape index (κ3) is 4.81. The monoisotopic (exact) mass is 124 g/mol. The van der Waals surface area contributed by atoms with Gasteiger partial charge in [-0.05, 0) is 13.0 Å². The highest BCUT2D eigenvalue weighted by molar-refractivity contribution is 5.72. The Kier molecular flexibility index (Phi) is 4.50. The average molecular weight is 124 g/mol. The van der Waals surface area contributed by atoms with Crippen LogP contribution in [0.15, 0.2) is 29.5 Å². The van der Waals surface area contributed by atoms with Gasteiger partial charge in [0.2, 0.25) is 0 Å². The summed E-state index contributed by atoms with van der Waals surface area (Å²) in [5.41, 5.74) is 1.08. The summed E-state index contributed by atoms with van der Waals surface area (Å²) in [6.07, 6.45) is 5.07. The third-order valence-electron chi connectivity index (χ3n) is 0.910. The fourth-order valence-electron chi connectivity index (χ4n) is 0.299. The lowest BCUT2D eigenvalue weighted by molar-refractivity contribution is 0.994. The number of nitrogens with zero attached hydrogens (tertiary/aromatic N) is 1. The van der Waals surface area contributed by atoms with Crippen LogP contribution in [0.25, 0.3) is 0 Å². The van der Waals surface area contributed by atoms with E-state index in [9.17, 15) is 0 Å². The number of hydrogen-bond donors (Lipinski definition) is 1. The van der Waals surface area contributed by atoms with Crippen molar-refractivity contribution in [3.63, 3.8) is 0 Å². The molecular weight excluding hydrogens is 112 g/mol. The zero-order valence-electron chi connectivity index (χ0n) is 5.89. The van der Waals surface area contributed by atoms with E-state index >= 15 is 0 Å². The zero-order chi connectivity index (χ0) is 7.11. The molecule has 9 heavy (non-hydrogen) atoms. The van der Waals surface area contributed by atoms with Gasteiger partial charge in [0.15, 0.2) is 0 Å². The lowest BCUT2D eigenvalue weighted by atomic mass is 10.4. The SMILES string of the molecule is C=CN=C/C=C(\C)NC. The van der Waals surface area contributed by atoms with Crippen LogP contribution in [-0.4, -0.2) is 13.3 Å². The first-order valence-electron chi connectivity index (χ1n) is 2.80. The lowest BCUT2D eigenvalue weighted by Gasteiger charge is -1.92. The second-order valence-electron chi connectivity index (χ2n) is 1.58. The minimum absolute atomic E-state index is 1.08. The topological polar surface area (TPSA) is 24.4 Å². The molecule has 0 atom stereocenters. The van der Waals surface area contributed by atoms with E-state index in [0.717, 1.165) is 5.70 Å². The third-order valence-corrected chi connectivity index (χ3v) is 0.910. The number of nitrogens with one attached hydrogen (secondary N) is 1. The lowest BCUT2D eigenvalue weighted by Crippen LogP contribution is -2.00. The molecule has 2 heteroatoms. The Bertz CT molecular complexity index is 134. The second-order valence-corrected chi connectivity index (χ2v) is 1.58. The molecule has 0 aliphatic rings. The van der Waals surface area contributed by atoms with Gasteiger partial charge in [-0.15, -0.1) is 0 Å². The fraction of sp³-hybridized carbons (Fsp3) is 0.286. The van der Waals surface area contributed by atoms with E-state index in [4.69, 9.17) is 0 Å².